The van der Waals surface area contributed by atoms with Crippen LogP contribution in [0.5, 0.6) is 0 Å². The van der Waals surface area contributed by atoms with E-state index in [1.807, 2.05) is 84.9 Å². The van der Waals surface area contributed by atoms with Crippen LogP contribution in [-0.4, -0.2) is 33.1 Å². The van der Waals surface area contributed by atoms with Crippen LogP contribution in [0.3, 0.4) is 0 Å². The summed E-state index contributed by atoms with van der Waals surface area (Å²) in [6, 6.07) is 35.8. The van der Waals surface area contributed by atoms with E-state index in [-0.39, 0.29) is 35.5 Å². The number of esters is 1. The van der Waals surface area contributed by atoms with E-state index in [4.69, 9.17) is 9.15 Å². The first kappa shape index (κ1) is 30.8. The molecule has 11 heteroatoms. The first-order valence-corrected chi connectivity index (χ1v) is 17.0. The maximum absolute atomic E-state index is 13.8. The lowest BCUT2D eigenvalue weighted by atomic mass is 10.1. The van der Waals surface area contributed by atoms with Crippen LogP contribution < -0.4 is 20.8 Å². The van der Waals surface area contributed by atoms with Gasteiger partial charge in [0.1, 0.15) is 6.61 Å². The van der Waals surface area contributed by atoms with Gasteiger partial charge in [-0.25, -0.2) is 4.79 Å². The third-order valence-electron chi connectivity index (χ3n) is 7.55. The summed E-state index contributed by atoms with van der Waals surface area (Å²) in [5.74, 6) is 1.10. The largest absolute Gasteiger partial charge is 0.460 e. The standard InChI is InChI=1S/C35H27N2O7PS/c38-32-22-33(46-35(40)30-15-9-21-43-30)36(32)29-14-7-8-16-31(29)45(27-10-3-1-4-11-27,28-12-5-2-6-13-28)24-34(39)44-23-25-17-19-26(20-18-25)37(41)42/h1-21,24,33H,22-23H2. The zero-order valence-corrected chi connectivity index (χ0v) is 26.0. The highest BCUT2D eigenvalue weighted by Crippen LogP contribution is 2.48. The summed E-state index contributed by atoms with van der Waals surface area (Å²) in [6.45, 7) is -3.04. The summed E-state index contributed by atoms with van der Waals surface area (Å²) >= 11 is 1.02. The highest BCUT2D eigenvalue weighted by atomic mass is 32.2. The summed E-state index contributed by atoms with van der Waals surface area (Å²) in [5, 5.41) is 12.8. The Morgan fingerprint density at radius 2 is 1.52 bits per heavy atom. The second-order valence-electron chi connectivity index (χ2n) is 10.3. The average molecular weight is 651 g/mol. The molecule has 1 aliphatic rings. The maximum atomic E-state index is 13.8. The van der Waals surface area contributed by atoms with Crippen molar-refractivity contribution in [3.8, 4) is 0 Å². The molecule has 1 unspecified atom stereocenters. The van der Waals surface area contributed by atoms with Crippen molar-refractivity contribution in [2.45, 2.75) is 18.4 Å². The Morgan fingerprint density at radius 3 is 2.11 bits per heavy atom. The van der Waals surface area contributed by atoms with Crippen LogP contribution in [0.2, 0.25) is 0 Å². The Hall–Kier alpha value is -5.18. The smallest absolute Gasteiger partial charge is 0.332 e. The molecule has 230 valence electrons. The molecule has 6 rings (SSSR count). The molecule has 0 saturated carbocycles. The predicted molar refractivity (Wildman–Crippen MR) is 181 cm³/mol. The van der Waals surface area contributed by atoms with Crippen LogP contribution in [0, 0.1) is 10.1 Å². The summed E-state index contributed by atoms with van der Waals surface area (Å²) in [4.78, 5) is 52.2. The molecule has 46 heavy (non-hydrogen) atoms. The topological polar surface area (TPSA) is 120 Å². The van der Waals surface area contributed by atoms with E-state index >= 15 is 0 Å². The Kier molecular flexibility index (Phi) is 9.01. The number of carbonyl (C=O) groups excluding carboxylic acids is 3. The molecule has 5 aromatic rings. The maximum Gasteiger partial charge on any atom is 0.332 e. The van der Waals surface area contributed by atoms with Crippen molar-refractivity contribution in [1.82, 2.24) is 0 Å². The third kappa shape index (κ3) is 6.18. The summed E-state index contributed by atoms with van der Waals surface area (Å²) < 4.78 is 11.0. The summed E-state index contributed by atoms with van der Waals surface area (Å²) in [7, 11) is 0. The number of hydrogen-bond acceptors (Lipinski definition) is 8. The number of benzene rings is 4. The van der Waals surface area contributed by atoms with Crippen molar-refractivity contribution in [1.29, 1.82) is 0 Å². The molecular weight excluding hydrogens is 623 g/mol. The van der Waals surface area contributed by atoms with Gasteiger partial charge < -0.3 is 9.15 Å². The minimum absolute atomic E-state index is 0.0563. The van der Waals surface area contributed by atoms with Crippen molar-refractivity contribution in [2.24, 2.45) is 0 Å². The Morgan fingerprint density at radius 1 is 0.891 bits per heavy atom. The molecule has 0 bridgehead atoms. The fourth-order valence-electron chi connectivity index (χ4n) is 5.35. The van der Waals surface area contributed by atoms with Crippen molar-refractivity contribution in [2.75, 3.05) is 4.90 Å². The Labute approximate surface area is 268 Å². The van der Waals surface area contributed by atoms with Crippen molar-refractivity contribution >= 4 is 68.7 Å². The van der Waals surface area contributed by atoms with Crippen LogP contribution in [0.15, 0.2) is 132 Å². The summed E-state index contributed by atoms with van der Waals surface area (Å²) in [5.41, 5.74) is 1.14. The lowest BCUT2D eigenvalue weighted by molar-refractivity contribution is -0.384. The van der Waals surface area contributed by atoms with Crippen LogP contribution in [0.4, 0.5) is 11.4 Å². The molecule has 1 aliphatic heterocycles. The lowest BCUT2D eigenvalue weighted by Crippen LogP contribution is -2.53. The minimum Gasteiger partial charge on any atom is -0.460 e. The molecule has 1 aromatic heterocycles. The van der Waals surface area contributed by atoms with Crippen molar-refractivity contribution in [3.63, 3.8) is 0 Å². The average Bonchev–Trinajstić information content (AvgIpc) is 3.63. The van der Waals surface area contributed by atoms with Gasteiger partial charge in [-0.15, -0.1) is 0 Å². The monoisotopic (exact) mass is 650 g/mol. The molecule has 9 nitrogen and oxygen atoms in total. The van der Waals surface area contributed by atoms with Crippen LogP contribution in [0.25, 0.3) is 0 Å². The van der Waals surface area contributed by atoms with Crippen LogP contribution in [0.1, 0.15) is 22.5 Å². The molecule has 1 atom stereocenters. The molecule has 2 heterocycles. The molecule has 1 fully saturated rings. The number of nitro benzene ring substituents is 1. The summed E-state index contributed by atoms with van der Waals surface area (Å²) in [6.07, 6.45) is 1.61. The van der Waals surface area contributed by atoms with Gasteiger partial charge in [0.2, 0.25) is 5.91 Å². The lowest BCUT2D eigenvalue weighted by Gasteiger charge is -2.42. The van der Waals surface area contributed by atoms with E-state index in [2.05, 4.69) is 0 Å². The number of nitrogens with zero attached hydrogens (tertiary/aromatic N) is 2. The van der Waals surface area contributed by atoms with E-state index in [0.717, 1.165) is 27.7 Å². The second kappa shape index (κ2) is 13.4. The number of thioether (sulfide) groups is 1. The molecule has 1 amide bonds. The number of carbonyl (C=O) groups is 3. The van der Waals surface area contributed by atoms with Gasteiger partial charge in [-0.1, -0.05) is 90.6 Å². The van der Waals surface area contributed by atoms with Crippen molar-refractivity contribution in [3.05, 3.63) is 149 Å². The fourth-order valence-corrected chi connectivity index (χ4v) is 10.2. The third-order valence-corrected chi connectivity index (χ3v) is 12.6. The highest BCUT2D eigenvalue weighted by molar-refractivity contribution is 8.14. The Balaban J connectivity index is 1.45. The van der Waals surface area contributed by atoms with Crippen LogP contribution >= 0.6 is 18.6 Å². The van der Waals surface area contributed by atoms with E-state index in [1.54, 1.807) is 35.0 Å². The SMILES string of the molecule is O=C(C=P(c1ccccc1)(c1ccccc1)c1ccccc1N1C(=O)CC1SC(=O)c1ccco1)OCc1ccc([N+](=O)[O-])cc1. The molecule has 0 N–H and O–H groups in total. The van der Waals surface area contributed by atoms with E-state index < -0.39 is 23.2 Å². The van der Waals surface area contributed by atoms with Gasteiger partial charge in [0.25, 0.3) is 10.8 Å². The number of amides is 1. The molecule has 1 saturated heterocycles. The predicted octanol–water partition coefficient (Wildman–Crippen LogP) is 5.66. The fraction of sp³-hybridized carbons (Fsp3) is 0.0857. The van der Waals surface area contributed by atoms with Gasteiger partial charge >= 0.3 is 5.97 Å². The first-order valence-electron chi connectivity index (χ1n) is 14.3. The number of para-hydroxylation sites is 1. The van der Waals surface area contributed by atoms with Gasteiger partial charge in [-0.3, -0.25) is 24.6 Å². The van der Waals surface area contributed by atoms with E-state index in [1.165, 1.54) is 18.4 Å². The van der Waals surface area contributed by atoms with Gasteiger partial charge in [0.05, 0.1) is 28.7 Å². The normalized spacial score (nSPS) is 14.3. The van der Waals surface area contributed by atoms with Crippen molar-refractivity contribution < 1.29 is 28.5 Å². The highest BCUT2D eigenvalue weighted by Gasteiger charge is 2.42. The molecule has 0 aliphatic carbocycles. The molecule has 4 aromatic carbocycles. The van der Waals surface area contributed by atoms with E-state index in [9.17, 15) is 24.5 Å². The number of furan rings is 1. The number of β-lactam (4-membered cyclic amide) rings is 1. The first-order chi connectivity index (χ1) is 22.4. The molecule has 0 spiro atoms. The number of anilines is 1. The second-order valence-corrected chi connectivity index (χ2v) is 14.7. The number of nitro groups is 1. The zero-order chi connectivity index (χ0) is 32.1. The molecular formula is C35H27N2O7PS. The number of rotatable bonds is 10. The zero-order valence-electron chi connectivity index (χ0n) is 24.3. The van der Waals surface area contributed by atoms with Gasteiger partial charge in [0, 0.05) is 23.2 Å². The van der Waals surface area contributed by atoms with E-state index in [0.29, 0.717) is 11.3 Å². The van der Waals surface area contributed by atoms with Gasteiger partial charge in [0.15, 0.2) is 5.76 Å². The molecule has 0 radical (unpaired) electrons. The van der Waals surface area contributed by atoms with Gasteiger partial charge in [-0.2, -0.15) is 0 Å². The number of non-ortho nitro benzene ring substituents is 1. The number of ether oxygens (including phenoxy) is 1. The minimum atomic E-state index is -2.95. The van der Waals surface area contributed by atoms with Gasteiger partial charge in [-0.05, 0) is 53.4 Å². The van der Waals surface area contributed by atoms with Crippen LogP contribution in [-0.2, 0) is 20.9 Å². The number of hydrogen-bond donors (Lipinski definition) is 0. The quantitative estimate of drug-likeness (QED) is 0.0624. The Bertz CT molecular complexity index is 1900.